The van der Waals surface area contributed by atoms with Crippen LogP contribution < -0.4 is 5.32 Å². The highest BCUT2D eigenvalue weighted by molar-refractivity contribution is 7.09. The molecule has 1 N–H and O–H groups in total. The topological polar surface area (TPSA) is 62.3 Å². The Morgan fingerprint density at radius 3 is 2.50 bits per heavy atom. The largest absolute Gasteiger partial charge is 0.343 e. The number of hydrogen-bond acceptors (Lipinski definition) is 4. The average molecular weight is 404 g/mol. The van der Waals surface area contributed by atoms with E-state index in [2.05, 4.69) is 24.1 Å². The number of benzene rings is 1. The number of halogens is 1. The van der Waals surface area contributed by atoms with Crippen LogP contribution in [0.3, 0.4) is 0 Å². The van der Waals surface area contributed by atoms with Crippen molar-refractivity contribution >= 4 is 23.2 Å². The fraction of sp³-hybridized carbons (Fsp3) is 0.476. The lowest BCUT2D eigenvalue weighted by atomic mass is 10.0. The fourth-order valence-corrected chi connectivity index (χ4v) is 4.20. The van der Waals surface area contributed by atoms with Crippen LogP contribution in [0.2, 0.25) is 0 Å². The summed E-state index contributed by atoms with van der Waals surface area (Å²) in [5, 5.41) is 5.50. The van der Waals surface area contributed by atoms with Gasteiger partial charge in [-0.25, -0.2) is 9.37 Å². The summed E-state index contributed by atoms with van der Waals surface area (Å²) < 4.78 is 13.1. The summed E-state index contributed by atoms with van der Waals surface area (Å²) in [5.74, 6) is -0.347. The Balaban J connectivity index is 1.74. The highest BCUT2D eigenvalue weighted by atomic mass is 32.1. The van der Waals surface area contributed by atoms with Gasteiger partial charge in [0.1, 0.15) is 16.5 Å². The van der Waals surface area contributed by atoms with E-state index >= 15 is 0 Å². The summed E-state index contributed by atoms with van der Waals surface area (Å²) in [6.07, 6.45) is 3.94. The van der Waals surface area contributed by atoms with Gasteiger partial charge >= 0.3 is 0 Å². The SMILES string of the molecule is CC(C)C[C@@H](NC(=O)c1ccc(F)cc1)c1nc(C(=O)N2CCCCC2)cs1. The lowest BCUT2D eigenvalue weighted by Crippen LogP contribution is -2.36. The Morgan fingerprint density at radius 2 is 1.86 bits per heavy atom. The van der Waals surface area contributed by atoms with Gasteiger partial charge in [-0.05, 0) is 55.9 Å². The molecule has 28 heavy (non-hydrogen) atoms. The molecule has 3 rings (SSSR count). The van der Waals surface area contributed by atoms with Crippen molar-refractivity contribution in [1.82, 2.24) is 15.2 Å². The van der Waals surface area contributed by atoms with Crippen LogP contribution >= 0.6 is 11.3 Å². The molecule has 1 fully saturated rings. The Hall–Kier alpha value is -2.28. The zero-order valence-corrected chi connectivity index (χ0v) is 17.1. The summed E-state index contributed by atoms with van der Waals surface area (Å²) in [6, 6.07) is 5.18. The molecule has 150 valence electrons. The zero-order valence-electron chi connectivity index (χ0n) is 16.3. The van der Waals surface area contributed by atoms with Crippen LogP contribution in [-0.4, -0.2) is 34.8 Å². The minimum Gasteiger partial charge on any atom is -0.343 e. The zero-order chi connectivity index (χ0) is 20.1. The van der Waals surface area contributed by atoms with Crippen molar-refractivity contribution in [3.05, 3.63) is 51.7 Å². The Bertz CT molecular complexity index is 813. The molecule has 1 aliphatic heterocycles. The lowest BCUT2D eigenvalue weighted by Gasteiger charge is -2.25. The van der Waals surface area contributed by atoms with Gasteiger partial charge in [0.05, 0.1) is 6.04 Å². The van der Waals surface area contributed by atoms with Gasteiger partial charge in [0, 0.05) is 24.0 Å². The van der Waals surface area contributed by atoms with Crippen molar-refractivity contribution in [2.45, 2.75) is 45.6 Å². The number of nitrogens with one attached hydrogen (secondary N) is 1. The van der Waals surface area contributed by atoms with Crippen LogP contribution in [0.1, 0.15) is 71.4 Å². The van der Waals surface area contributed by atoms with E-state index < -0.39 is 0 Å². The lowest BCUT2D eigenvalue weighted by molar-refractivity contribution is 0.0719. The van der Waals surface area contributed by atoms with Gasteiger partial charge in [0.25, 0.3) is 11.8 Å². The minimum atomic E-state index is -0.379. The van der Waals surface area contributed by atoms with Crippen molar-refractivity contribution in [2.24, 2.45) is 5.92 Å². The second-order valence-electron chi connectivity index (χ2n) is 7.59. The maximum absolute atomic E-state index is 13.1. The Labute approximate surface area is 169 Å². The first kappa shape index (κ1) is 20.5. The van der Waals surface area contributed by atoms with Gasteiger partial charge in [0.15, 0.2) is 0 Å². The number of likely N-dealkylation sites (tertiary alicyclic amines) is 1. The Morgan fingerprint density at radius 1 is 1.18 bits per heavy atom. The van der Waals surface area contributed by atoms with Crippen LogP contribution in [0.15, 0.2) is 29.6 Å². The van der Waals surface area contributed by atoms with Crippen LogP contribution in [0.5, 0.6) is 0 Å². The van der Waals surface area contributed by atoms with Crippen LogP contribution in [0.4, 0.5) is 4.39 Å². The number of rotatable bonds is 6. The number of amides is 2. The maximum Gasteiger partial charge on any atom is 0.273 e. The molecule has 1 aromatic heterocycles. The van der Waals surface area contributed by atoms with Crippen molar-refractivity contribution in [2.75, 3.05) is 13.1 Å². The second kappa shape index (κ2) is 9.28. The predicted octanol–water partition coefficient (Wildman–Crippen LogP) is 4.43. The van der Waals surface area contributed by atoms with Crippen LogP contribution in [-0.2, 0) is 0 Å². The molecular formula is C21H26FN3O2S. The van der Waals surface area contributed by atoms with Gasteiger partial charge in [-0.15, -0.1) is 11.3 Å². The van der Waals surface area contributed by atoms with E-state index in [0.717, 1.165) is 37.4 Å². The van der Waals surface area contributed by atoms with Crippen molar-refractivity contribution in [3.8, 4) is 0 Å². The average Bonchev–Trinajstić information content (AvgIpc) is 3.18. The molecule has 0 bridgehead atoms. The summed E-state index contributed by atoms with van der Waals surface area (Å²) in [7, 11) is 0. The third kappa shape index (κ3) is 5.16. The monoisotopic (exact) mass is 403 g/mol. The van der Waals surface area contributed by atoms with Gasteiger partial charge in [-0.2, -0.15) is 0 Å². The molecular weight excluding hydrogens is 377 g/mol. The number of carbonyl (C=O) groups is 2. The van der Waals surface area contributed by atoms with Crippen molar-refractivity contribution in [3.63, 3.8) is 0 Å². The third-order valence-electron chi connectivity index (χ3n) is 4.80. The predicted molar refractivity (Wildman–Crippen MR) is 108 cm³/mol. The number of piperidine rings is 1. The molecule has 1 saturated heterocycles. The van der Waals surface area contributed by atoms with Gasteiger partial charge in [-0.3, -0.25) is 9.59 Å². The van der Waals surface area contributed by atoms with E-state index in [9.17, 15) is 14.0 Å². The highest BCUT2D eigenvalue weighted by Gasteiger charge is 2.24. The maximum atomic E-state index is 13.1. The normalized spacial score (nSPS) is 15.5. The quantitative estimate of drug-likeness (QED) is 0.776. The molecule has 0 radical (unpaired) electrons. The minimum absolute atomic E-state index is 0.0321. The molecule has 0 aliphatic carbocycles. The van der Waals surface area contributed by atoms with Gasteiger partial charge < -0.3 is 10.2 Å². The van der Waals surface area contributed by atoms with E-state index in [-0.39, 0.29) is 23.7 Å². The van der Waals surface area contributed by atoms with Crippen molar-refractivity contribution < 1.29 is 14.0 Å². The molecule has 2 heterocycles. The summed E-state index contributed by atoms with van der Waals surface area (Å²) in [5.41, 5.74) is 0.850. The van der Waals surface area contributed by atoms with Gasteiger partial charge in [-0.1, -0.05) is 13.8 Å². The standard InChI is InChI=1S/C21H26FN3O2S/c1-14(2)12-17(23-19(26)15-6-8-16(22)9-7-15)20-24-18(13-28-20)21(27)25-10-4-3-5-11-25/h6-9,13-14,17H,3-5,10-12H2,1-2H3,(H,23,26)/t17-/m1/s1. The first-order valence-corrected chi connectivity index (χ1v) is 10.6. The first-order chi connectivity index (χ1) is 13.4. The Kier molecular flexibility index (Phi) is 6.78. The molecule has 7 heteroatoms. The van der Waals surface area contributed by atoms with E-state index in [0.29, 0.717) is 23.6 Å². The molecule has 0 unspecified atom stereocenters. The number of aromatic nitrogens is 1. The second-order valence-corrected chi connectivity index (χ2v) is 8.48. The molecule has 1 aliphatic rings. The highest BCUT2D eigenvalue weighted by Crippen LogP contribution is 2.26. The van der Waals surface area contributed by atoms with E-state index in [4.69, 9.17) is 0 Å². The summed E-state index contributed by atoms with van der Waals surface area (Å²) in [6.45, 7) is 5.71. The molecule has 2 aromatic rings. The van der Waals surface area contributed by atoms with Crippen LogP contribution in [0, 0.1) is 11.7 Å². The molecule has 5 nitrogen and oxygen atoms in total. The molecule has 0 spiro atoms. The smallest absolute Gasteiger partial charge is 0.273 e. The fourth-order valence-electron chi connectivity index (χ4n) is 3.34. The molecule has 2 amide bonds. The number of thiazole rings is 1. The number of carbonyl (C=O) groups excluding carboxylic acids is 2. The number of nitrogens with zero attached hydrogens (tertiary/aromatic N) is 2. The number of hydrogen-bond donors (Lipinski definition) is 1. The summed E-state index contributed by atoms with van der Waals surface area (Å²) >= 11 is 1.40. The van der Waals surface area contributed by atoms with Crippen LogP contribution in [0.25, 0.3) is 0 Å². The van der Waals surface area contributed by atoms with Crippen molar-refractivity contribution in [1.29, 1.82) is 0 Å². The first-order valence-electron chi connectivity index (χ1n) is 9.75. The van der Waals surface area contributed by atoms with Gasteiger partial charge in [0.2, 0.25) is 0 Å². The van der Waals surface area contributed by atoms with E-state index in [1.807, 2.05) is 4.90 Å². The van der Waals surface area contributed by atoms with E-state index in [1.165, 1.54) is 35.6 Å². The van der Waals surface area contributed by atoms with E-state index in [1.54, 1.807) is 5.38 Å². The molecule has 1 atom stereocenters. The third-order valence-corrected chi connectivity index (χ3v) is 5.76. The summed E-state index contributed by atoms with van der Waals surface area (Å²) in [4.78, 5) is 31.7. The molecule has 0 saturated carbocycles. The molecule has 1 aromatic carbocycles.